The lowest BCUT2D eigenvalue weighted by atomic mass is 9.83. The molecular weight excluding hydrogens is 801 g/mol. The van der Waals surface area contributed by atoms with Crippen LogP contribution in [0.25, 0.3) is 0 Å². The molecule has 0 bridgehead atoms. The summed E-state index contributed by atoms with van der Waals surface area (Å²) in [5.41, 5.74) is 1.54. The third-order valence-electron chi connectivity index (χ3n) is 8.21. The summed E-state index contributed by atoms with van der Waals surface area (Å²) in [6, 6.07) is 14.4. The highest BCUT2D eigenvalue weighted by Gasteiger charge is 2.42. The van der Waals surface area contributed by atoms with Crippen LogP contribution < -0.4 is 20.0 Å². The van der Waals surface area contributed by atoms with E-state index in [0.717, 1.165) is 45.4 Å². The van der Waals surface area contributed by atoms with Gasteiger partial charge in [0.1, 0.15) is 17.2 Å². The van der Waals surface area contributed by atoms with Crippen molar-refractivity contribution in [2.24, 2.45) is 0 Å². The van der Waals surface area contributed by atoms with Crippen LogP contribution in [0.5, 0.6) is 0 Å². The number of halogens is 3. The van der Waals surface area contributed by atoms with Crippen LogP contribution in [0.1, 0.15) is 25.8 Å². The van der Waals surface area contributed by atoms with Gasteiger partial charge in [-0.2, -0.15) is 8.42 Å². The minimum absolute atomic E-state index is 0.0964. The molecule has 2 heterocycles. The van der Waals surface area contributed by atoms with Crippen molar-refractivity contribution in [2.75, 3.05) is 32.2 Å². The molecule has 0 radical (unpaired) electrons. The predicted molar refractivity (Wildman–Crippen MR) is 199 cm³/mol. The first-order valence-electron chi connectivity index (χ1n) is 15.2. The topological polar surface area (TPSA) is 127 Å². The molecule has 1 saturated heterocycles. The summed E-state index contributed by atoms with van der Waals surface area (Å²) in [7, 11) is -4.47. The molecule has 3 amide bonds. The highest BCUT2D eigenvalue weighted by molar-refractivity contribution is 14.1. The number of allylic oxidation sites excluding steroid dienone is 5. The van der Waals surface area contributed by atoms with Crippen molar-refractivity contribution in [3.05, 3.63) is 120 Å². The van der Waals surface area contributed by atoms with Gasteiger partial charge in [-0.1, -0.05) is 48.6 Å². The molecule has 15 heteroatoms. The number of anilines is 3. The van der Waals surface area contributed by atoms with Crippen molar-refractivity contribution in [1.82, 2.24) is 5.32 Å². The molecule has 2 aliphatic heterocycles. The first-order chi connectivity index (χ1) is 23.6. The second kappa shape index (κ2) is 14.9. The molecular formula is C35H31F2IN4O6S2. The van der Waals surface area contributed by atoms with Crippen molar-refractivity contribution >= 4 is 84.8 Å². The molecule has 0 aromatic heterocycles. The summed E-state index contributed by atoms with van der Waals surface area (Å²) in [4.78, 5) is 43.2. The van der Waals surface area contributed by atoms with E-state index < -0.39 is 39.0 Å². The van der Waals surface area contributed by atoms with E-state index >= 15 is 0 Å². The fourth-order valence-corrected chi connectivity index (χ4v) is 6.90. The van der Waals surface area contributed by atoms with Crippen LogP contribution in [0, 0.1) is 11.6 Å². The van der Waals surface area contributed by atoms with Crippen molar-refractivity contribution in [1.29, 1.82) is 0 Å². The van der Waals surface area contributed by atoms with Gasteiger partial charge in [-0.3, -0.25) is 28.7 Å². The van der Waals surface area contributed by atoms with E-state index in [0.29, 0.717) is 29.5 Å². The maximum Gasteiger partial charge on any atom is 0.294 e. The van der Waals surface area contributed by atoms with E-state index in [-0.39, 0.29) is 32.9 Å². The van der Waals surface area contributed by atoms with Crippen LogP contribution in [-0.2, 0) is 29.9 Å². The lowest BCUT2D eigenvalue weighted by Gasteiger charge is -2.36. The number of rotatable bonds is 10. The number of carbonyl (C=O) groups excluding carboxylic acids is 3. The van der Waals surface area contributed by atoms with Gasteiger partial charge in [-0.15, -0.1) is 0 Å². The van der Waals surface area contributed by atoms with Crippen LogP contribution in [-0.4, -0.2) is 53.3 Å². The molecule has 260 valence electrons. The Morgan fingerprint density at radius 3 is 1.98 bits per heavy atom. The van der Waals surface area contributed by atoms with Crippen LogP contribution in [0.15, 0.2) is 107 Å². The number of thiocarbonyl (C=S) groups is 1. The van der Waals surface area contributed by atoms with E-state index in [9.17, 15) is 36.1 Å². The molecule has 0 spiro atoms. The number of hydrogen-bond donors (Lipinski definition) is 2. The minimum Gasteiger partial charge on any atom is -0.355 e. The fourth-order valence-electron chi connectivity index (χ4n) is 5.75. The zero-order chi connectivity index (χ0) is 36.4. The number of carbonyl (C=O) groups is 3. The zero-order valence-electron chi connectivity index (χ0n) is 26.8. The molecule has 5 rings (SSSR count). The van der Waals surface area contributed by atoms with Crippen LogP contribution in [0.3, 0.4) is 0 Å². The smallest absolute Gasteiger partial charge is 0.294 e. The molecule has 10 nitrogen and oxygen atoms in total. The third kappa shape index (κ3) is 7.55. The van der Waals surface area contributed by atoms with Gasteiger partial charge in [-0.25, -0.2) is 8.78 Å². The van der Waals surface area contributed by atoms with Crippen molar-refractivity contribution in [3.8, 4) is 0 Å². The van der Waals surface area contributed by atoms with Gasteiger partial charge >= 0.3 is 0 Å². The summed E-state index contributed by atoms with van der Waals surface area (Å²) >= 11 is 7.52. The normalized spacial score (nSPS) is 16.8. The number of benzene rings is 3. The number of nitrogens with one attached hydrogen (secondary N) is 1. The monoisotopic (exact) mass is 832 g/mol. The molecule has 50 heavy (non-hydrogen) atoms. The number of fused-ring (bicyclic) bond motifs is 1. The summed E-state index contributed by atoms with van der Waals surface area (Å²) in [5.74, 6) is -2.66. The molecule has 2 N–H and O–H groups in total. The fraction of sp³-hybridized carbons (Fsp3) is 0.200. The second-order valence-electron chi connectivity index (χ2n) is 11.8. The number of nitrogens with zero attached hydrogens (tertiary/aromatic N) is 3. The van der Waals surface area contributed by atoms with E-state index in [1.807, 2.05) is 41.3 Å². The second-order valence-corrected chi connectivity index (χ2v) is 14.4. The van der Waals surface area contributed by atoms with Gasteiger partial charge in [0.05, 0.1) is 20.7 Å². The summed E-state index contributed by atoms with van der Waals surface area (Å²) < 4.78 is 61.5. The average Bonchev–Trinajstić information content (AvgIpc) is 3.28. The highest BCUT2D eigenvalue weighted by Crippen LogP contribution is 2.48. The first kappa shape index (κ1) is 36.9. The Bertz CT molecular complexity index is 2000. The Labute approximate surface area is 307 Å². The standard InChI is InChI=1S/C35H31F2IN4O6S2/c1-35(2)28-20-26(50(46,47)48)16-17-29(28)40(19-5-18-39-31(43)21-38)30(35)7-4-3-6-27-32(44)41(24-12-8-22(36)9-13-24)34(49)42(33(27)45)25-14-10-23(37)11-15-25/h3-4,6-17,20H,5,18-19,21H2,1-2H3,(H,39,43)(H,46,47,48)/b4-3+,30-7+. The van der Waals surface area contributed by atoms with Gasteiger partial charge in [0.25, 0.3) is 21.9 Å². The SMILES string of the molecule is CC1(C)/C(=C\C=C\C=C2C(=O)N(c3ccc(F)cc3)C(=S)N(c3ccc(F)cc3)C2=O)N(CCCNC(=O)CI)c2ccc(S(=O)(=O)O)cc21. The molecule has 3 aromatic carbocycles. The Morgan fingerprint density at radius 2 is 1.46 bits per heavy atom. The highest BCUT2D eigenvalue weighted by atomic mass is 127. The molecule has 3 aromatic rings. The molecule has 1 fully saturated rings. The Balaban J connectivity index is 1.52. The first-order valence-corrected chi connectivity index (χ1v) is 18.6. The maximum absolute atomic E-state index is 13.8. The summed E-state index contributed by atoms with van der Waals surface area (Å²) in [6.45, 7) is 4.66. The quantitative estimate of drug-likeness (QED) is 0.0487. The zero-order valence-corrected chi connectivity index (χ0v) is 30.6. The third-order valence-corrected chi connectivity index (χ3v) is 10.1. The molecule has 0 unspecified atom stereocenters. The maximum atomic E-state index is 13.8. The van der Waals surface area contributed by atoms with E-state index in [4.69, 9.17) is 12.2 Å². The number of hydrogen-bond acceptors (Lipinski definition) is 7. The van der Waals surface area contributed by atoms with Gasteiger partial charge in [-0.05, 0) is 103 Å². The Kier molecular flexibility index (Phi) is 11.0. The summed E-state index contributed by atoms with van der Waals surface area (Å²) in [6.07, 6.45) is 6.78. The Morgan fingerprint density at radius 1 is 0.920 bits per heavy atom. The van der Waals surface area contributed by atoms with Gasteiger partial charge in [0.2, 0.25) is 5.91 Å². The van der Waals surface area contributed by atoms with E-state index in [2.05, 4.69) is 5.32 Å². The van der Waals surface area contributed by atoms with Crippen molar-refractivity contribution in [3.63, 3.8) is 0 Å². The van der Waals surface area contributed by atoms with Crippen LogP contribution in [0.4, 0.5) is 25.8 Å². The van der Waals surface area contributed by atoms with Crippen LogP contribution in [0.2, 0.25) is 0 Å². The summed E-state index contributed by atoms with van der Waals surface area (Å²) in [5, 5.41) is 2.64. The lowest BCUT2D eigenvalue weighted by Crippen LogP contribution is -2.57. The molecule has 0 aliphatic carbocycles. The predicted octanol–water partition coefficient (Wildman–Crippen LogP) is 5.98. The average molecular weight is 833 g/mol. The van der Waals surface area contributed by atoms with Crippen molar-refractivity contribution in [2.45, 2.75) is 30.6 Å². The Hall–Kier alpha value is -4.32. The number of amides is 3. The van der Waals surface area contributed by atoms with Crippen LogP contribution >= 0.6 is 34.8 Å². The van der Waals surface area contributed by atoms with Gasteiger partial charge in [0, 0.05) is 29.9 Å². The molecule has 0 saturated carbocycles. The van der Waals surface area contributed by atoms with Crippen molar-refractivity contribution < 1.29 is 36.1 Å². The van der Waals surface area contributed by atoms with E-state index in [1.165, 1.54) is 48.6 Å². The van der Waals surface area contributed by atoms with Gasteiger partial charge in [0.15, 0.2) is 5.11 Å². The molecule has 0 atom stereocenters. The molecule has 2 aliphatic rings. The lowest BCUT2D eigenvalue weighted by molar-refractivity contribution is -0.121. The largest absolute Gasteiger partial charge is 0.355 e. The number of alkyl halides is 1. The minimum atomic E-state index is -4.47. The van der Waals surface area contributed by atoms with E-state index in [1.54, 1.807) is 18.2 Å². The van der Waals surface area contributed by atoms with Gasteiger partial charge < -0.3 is 10.2 Å².